The molecule has 5 heteroatoms. The van der Waals surface area contributed by atoms with Crippen molar-refractivity contribution >= 4 is 5.91 Å². The number of carbonyl (C=O) groups excluding carboxylic acids is 1. The molecular formula is C15H21FN2O2. The van der Waals surface area contributed by atoms with Gasteiger partial charge < -0.3 is 10.0 Å². The standard InChI is InChI=1S/C15H21FN2O2/c1-17(9-12-4-6-13(16)7-5-12)10-14(19)11-18-8-2-3-15(18)20/h4-7,14,19H,2-3,8-11H2,1H3. The van der Waals surface area contributed by atoms with E-state index in [0.717, 1.165) is 18.5 Å². The van der Waals surface area contributed by atoms with E-state index in [0.29, 0.717) is 26.1 Å². The van der Waals surface area contributed by atoms with Crippen LogP contribution in [0.4, 0.5) is 4.39 Å². The van der Waals surface area contributed by atoms with Crippen molar-refractivity contribution in [2.24, 2.45) is 0 Å². The van der Waals surface area contributed by atoms with E-state index in [1.165, 1.54) is 12.1 Å². The molecule has 1 unspecified atom stereocenters. The molecule has 1 aliphatic heterocycles. The lowest BCUT2D eigenvalue weighted by atomic mass is 10.2. The van der Waals surface area contributed by atoms with Gasteiger partial charge in [0.2, 0.25) is 5.91 Å². The first-order valence-corrected chi connectivity index (χ1v) is 6.93. The summed E-state index contributed by atoms with van der Waals surface area (Å²) >= 11 is 0. The third-order valence-electron chi connectivity index (χ3n) is 3.49. The first kappa shape index (κ1) is 14.9. The van der Waals surface area contributed by atoms with Gasteiger partial charge in [-0.25, -0.2) is 4.39 Å². The SMILES string of the molecule is CN(Cc1ccc(F)cc1)CC(O)CN1CCCC1=O. The molecular weight excluding hydrogens is 259 g/mol. The Morgan fingerprint density at radius 3 is 2.70 bits per heavy atom. The second kappa shape index (κ2) is 6.81. The number of aliphatic hydroxyl groups excluding tert-OH is 1. The van der Waals surface area contributed by atoms with Crippen LogP contribution in [0.2, 0.25) is 0 Å². The van der Waals surface area contributed by atoms with E-state index < -0.39 is 6.10 Å². The van der Waals surface area contributed by atoms with Crippen LogP contribution in [0, 0.1) is 5.82 Å². The van der Waals surface area contributed by atoms with Crippen LogP contribution in [0.25, 0.3) is 0 Å². The zero-order valence-electron chi connectivity index (χ0n) is 11.8. The third kappa shape index (κ3) is 4.28. The zero-order chi connectivity index (χ0) is 14.5. The van der Waals surface area contributed by atoms with Gasteiger partial charge in [-0.15, -0.1) is 0 Å². The van der Waals surface area contributed by atoms with Gasteiger partial charge in [0.1, 0.15) is 5.82 Å². The lowest BCUT2D eigenvalue weighted by Crippen LogP contribution is -2.39. The van der Waals surface area contributed by atoms with Crippen molar-refractivity contribution in [1.82, 2.24) is 9.80 Å². The number of carbonyl (C=O) groups is 1. The minimum Gasteiger partial charge on any atom is -0.390 e. The van der Waals surface area contributed by atoms with Crippen LogP contribution in [-0.4, -0.2) is 53.6 Å². The number of aliphatic hydroxyl groups is 1. The Balaban J connectivity index is 1.77. The van der Waals surface area contributed by atoms with Crippen molar-refractivity contribution in [2.45, 2.75) is 25.5 Å². The number of benzene rings is 1. The number of halogens is 1. The maximum atomic E-state index is 12.8. The number of likely N-dealkylation sites (tertiary alicyclic amines) is 1. The van der Waals surface area contributed by atoms with E-state index in [1.54, 1.807) is 17.0 Å². The van der Waals surface area contributed by atoms with Gasteiger partial charge in [0.05, 0.1) is 6.10 Å². The zero-order valence-corrected chi connectivity index (χ0v) is 11.8. The van der Waals surface area contributed by atoms with Gasteiger partial charge in [0, 0.05) is 32.6 Å². The molecule has 0 spiro atoms. The Morgan fingerprint density at radius 1 is 1.40 bits per heavy atom. The molecule has 1 aliphatic rings. The van der Waals surface area contributed by atoms with E-state index in [2.05, 4.69) is 0 Å². The van der Waals surface area contributed by atoms with Crippen molar-refractivity contribution in [3.05, 3.63) is 35.6 Å². The van der Waals surface area contributed by atoms with Crippen molar-refractivity contribution in [1.29, 1.82) is 0 Å². The topological polar surface area (TPSA) is 43.8 Å². The van der Waals surface area contributed by atoms with Gasteiger partial charge in [-0.2, -0.15) is 0 Å². The van der Waals surface area contributed by atoms with Crippen molar-refractivity contribution in [2.75, 3.05) is 26.7 Å². The molecule has 1 atom stereocenters. The number of amides is 1. The molecule has 1 saturated heterocycles. The van der Waals surface area contributed by atoms with Crippen LogP contribution in [-0.2, 0) is 11.3 Å². The molecule has 0 bridgehead atoms. The number of β-amino-alcohol motifs (C(OH)–C–C–N with tert-alkyl or cyclic N) is 1. The molecule has 0 aliphatic carbocycles. The molecule has 2 rings (SSSR count). The van der Waals surface area contributed by atoms with Crippen molar-refractivity contribution < 1.29 is 14.3 Å². The Bertz CT molecular complexity index is 450. The molecule has 1 N–H and O–H groups in total. The monoisotopic (exact) mass is 280 g/mol. The molecule has 1 aromatic carbocycles. The summed E-state index contributed by atoms with van der Waals surface area (Å²) in [5.74, 6) is -0.116. The van der Waals surface area contributed by atoms with Gasteiger partial charge >= 0.3 is 0 Å². The molecule has 1 fully saturated rings. The Hall–Kier alpha value is -1.46. The van der Waals surface area contributed by atoms with Crippen LogP contribution in [0.3, 0.4) is 0 Å². The third-order valence-corrected chi connectivity index (χ3v) is 3.49. The summed E-state index contributed by atoms with van der Waals surface area (Å²) in [6, 6.07) is 6.34. The van der Waals surface area contributed by atoms with Crippen LogP contribution in [0.15, 0.2) is 24.3 Å². The highest BCUT2D eigenvalue weighted by Crippen LogP contribution is 2.11. The van der Waals surface area contributed by atoms with Gasteiger partial charge in [-0.05, 0) is 31.2 Å². The summed E-state index contributed by atoms with van der Waals surface area (Å²) in [5, 5.41) is 10.0. The predicted octanol–water partition coefficient (Wildman–Crippen LogP) is 1.24. The molecule has 0 aromatic heterocycles. The second-order valence-electron chi connectivity index (χ2n) is 5.42. The minimum atomic E-state index is -0.553. The molecule has 1 aromatic rings. The van der Waals surface area contributed by atoms with E-state index >= 15 is 0 Å². The van der Waals surface area contributed by atoms with E-state index in [-0.39, 0.29) is 11.7 Å². The summed E-state index contributed by atoms with van der Waals surface area (Å²) in [5.41, 5.74) is 0.998. The molecule has 4 nitrogen and oxygen atoms in total. The molecule has 20 heavy (non-hydrogen) atoms. The smallest absolute Gasteiger partial charge is 0.222 e. The summed E-state index contributed by atoms with van der Waals surface area (Å²) < 4.78 is 12.8. The lowest BCUT2D eigenvalue weighted by molar-refractivity contribution is -0.129. The van der Waals surface area contributed by atoms with Crippen LogP contribution >= 0.6 is 0 Å². The summed E-state index contributed by atoms with van der Waals surface area (Å²) in [7, 11) is 1.90. The Labute approximate surface area is 118 Å². The fourth-order valence-corrected chi connectivity index (χ4v) is 2.54. The largest absolute Gasteiger partial charge is 0.390 e. The summed E-state index contributed by atoms with van der Waals surface area (Å²) in [6.45, 7) is 2.27. The van der Waals surface area contributed by atoms with Gasteiger partial charge in [-0.3, -0.25) is 9.69 Å². The molecule has 0 radical (unpaired) electrons. The van der Waals surface area contributed by atoms with E-state index in [9.17, 15) is 14.3 Å². The average Bonchev–Trinajstić information content (AvgIpc) is 2.77. The Morgan fingerprint density at radius 2 is 2.10 bits per heavy atom. The molecule has 110 valence electrons. The highest BCUT2D eigenvalue weighted by Gasteiger charge is 2.22. The highest BCUT2D eigenvalue weighted by molar-refractivity contribution is 5.78. The first-order chi connectivity index (χ1) is 9.54. The maximum Gasteiger partial charge on any atom is 0.222 e. The van der Waals surface area contributed by atoms with Crippen LogP contribution in [0.5, 0.6) is 0 Å². The number of likely N-dealkylation sites (N-methyl/N-ethyl adjacent to an activating group) is 1. The number of rotatable bonds is 6. The maximum absolute atomic E-state index is 12.8. The average molecular weight is 280 g/mol. The fourth-order valence-electron chi connectivity index (χ4n) is 2.54. The van der Waals surface area contributed by atoms with Crippen LogP contribution in [0.1, 0.15) is 18.4 Å². The fraction of sp³-hybridized carbons (Fsp3) is 0.533. The molecule has 0 saturated carbocycles. The number of hydrogen-bond acceptors (Lipinski definition) is 3. The highest BCUT2D eigenvalue weighted by atomic mass is 19.1. The van der Waals surface area contributed by atoms with Gasteiger partial charge in [0.25, 0.3) is 0 Å². The first-order valence-electron chi connectivity index (χ1n) is 6.93. The van der Waals surface area contributed by atoms with E-state index in [1.807, 2.05) is 11.9 Å². The van der Waals surface area contributed by atoms with Gasteiger partial charge in [0.15, 0.2) is 0 Å². The summed E-state index contributed by atoms with van der Waals surface area (Å²) in [4.78, 5) is 15.2. The van der Waals surface area contributed by atoms with Crippen molar-refractivity contribution in [3.8, 4) is 0 Å². The molecule has 1 amide bonds. The predicted molar refractivity (Wildman–Crippen MR) is 74.6 cm³/mol. The number of nitrogens with zero attached hydrogens (tertiary/aromatic N) is 2. The summed E-state index contributed by atoms with van der Waals surface area (Å²) in [6.07, 6.45) is 0.928. The number of hydrogen-bond donors (Lipinski definition) is 1. The minimum absolute atomic E-state index is 0.130. The second-order valence-corrected chi connectivity index (χ2v) is 5.42. The lowest BCUT2D eigenvalue weighted by Gasteiger charge is -2.24. The van der Waals surface area contributed by atoms with Gasteiger partial charge in [-0.1, -0.05) is 12.1 Å². The quantitative estimate of drug-likeness (QED) is 0.852. The normalized spacial score (nSPS) is 17.0. The molecule has 1 heterocycles. The van der Waals surface area contributed by atoms with Crippen LogP contribution < -0.4 is 0 Å². The van der Waals surface area contributed by atoms with E-state index in [4.69, 9.17) is 0 Å². The Kier molecular flexibility index (Phi) is 5.09. The van der Waals surface area contributed by atoms with Crippen molar-refractivity contribution in [3.63, 3.8) is 0 Å².